The second-order valence-electron chi connectivity index (χ2n) is 6.02. The van der Waals surface area contributed by atoms with Crippen LogP contribution in [0.3, 0.4) is 0 Å². The van der Waals surface area contributed by atoms with Gasteiger partial charge < -0.3 is 19.1 Å². The van der Waals surface area contributed by atoms with Crippen molar-refractivity contribution in [3.05, 3.63) is 42.0 Å². The number of methoxy groups -OCH3 is 3. The Morgan fingerprint density at radius 3 is 2.62 bits per heavy atom. The molecule has 0 saturated carbocycles. The highest BCUT2D eigenvalue weighted by Gasteiger charge is 2.24. The van der Waals surface area contributed by atoms with Crippen molar-refractivity contribution in [1.29, 1.82) is 0 Å². The van der Waals surface area contributed by atoms with E-state index >= 15 is 0 Å². The number of rotatable bonds is 4. The van der Waals surface area contributed by atoms with Crippen LogP contribution in [-0.4, -0.2) is 42.8 Å². The molecule has 0 spiro atoms. The van der Waals surface area contributed by atoms with E-state index in [-0.39, 0.29) is 0 Å². The lowest BCUT2D eigenvalue weighted by Crippen LogP contribution is -2.31. The number of anilines is 1. The normalized spacial score (nSPS) is 13.4. The van der Waals surface area contributed by atoms with Gasteiger partial charge in [-0.2, -0.15) is 0 Å². The Labute approximate surface area is 151 Å². The predicted octanol–water partition coefficient (Wildman–Crippen LogP) is 2.61. The number of aromatic nitrogens is 3. The summed E-state index contributed by atoms with van der Waals surface area (Å²) in [5, 5.41) is 0.870. The molecule has 0 unspecified atom stereocenters. The molecule has 1 aliphatic rings. The van der Waals surface area contributed by atoms with Gasteiger partial charge >= 0.3 is 0 Å². The van der Waals surface area contributed by atoms with Gasteiger partial charge in [-0.05, 0) is 17.7 Å². The van der Waals surface area contributed by atoms with Gasteiger partial charge in [0.15, 0.2) is 11.5 Å². The maximum atomic E-state index is 5.57. The number of hydrogen-bond donors (Lipinski definition) is 0. The molecule has 0 saturated heterocycles. The molecule has 0 amide bonds. The van der Waals surface area contributed by atoms with Gasteiger partial charge in [0, 0.05) is 31.4 Å². The van der Waals surface area contributed by atoms with E-state index in [0.717, 1.165) is 36.4 Å². The zero-order valence-corrected chi connectivity index (χ0v) is 15.0. The Kier molecular flexibility index (Phi) is 4.20. The van der Waals surface area contributed by atoms with Crippen LogP contribution in [0.25, 0.3) is 10.9 Å². The smallest absolute Gasteiger partial charge is 0.205 e. The van der Waals surface area contributed by atoms with Crippen LogP contribution in [0.5, 0.6) is 17.2 Å². The molecule has 1 aromatic carbocycles. The van der Waals surface area contributed by atoms with Gasteiger partial charge in [-0.3, -0.25) is 4.98 Å². The van der Waals surface area contributed by atoms with Crippen LogP contribution in [0, 0.1) is 0 Å². The Morgan fingerprint density at radius 2 is 1.85 bits per heavy atom. The molecule has 2 aromatic heterocycles. The van der Waals surface area contributed by atoms with Gasteiger partial charge in [-0.15, -0.1) is 0 Å². The first-order valence-corrected chi connectivity index (χ1v) is 8.38. The van der Waals surface area contributed by atoms with Gasteiger partial charge in [-0.1, -0.05) is 6.07 Å². The van der Waals surface area contributed by atoms with E-state index in [1.807, 2.05) is 18.3 Å². The van der Waals surface area contributed by atoms with Gasteiger partial charge in [0.2, 0.25) is 5.75 Å². The maximum absolute atomic E-state index is 5.57. The van der Waals surface area contributed by atoms with Gasteiger partial charge in [0.1, 0.15) is 17.7 Å². The number of fused-ring (bicyclic) bond motifs is 2. The summed E-state index contributed by atoms with van der Waals surface area (Å²) in [7, 11) is 4.79. The number of hydrogen-bond acceptors (Lipinski definition) is 7. The molecule has 7 heteroatoms. The first kappa shape index (κ1) is 16.4. The van der Waals surface area contributed by atoms with Crippen LogP contribution >= 0.6 is 0 Å². The summed E-state index contributed by atoms with van der Waals surface area (Å²) in [5.41, 5.74) is 3.07. The predicted molar refractivity (Wildman–Crippen MR) is 98.2 cm³/mol. The van der Waals surface area contributed by atoms with Crippen LogP contribution in [0.15, 0.2) is 30.7 Å². The van der Waals surface area contributed by atoms with E-state index in [0.29, 0.717) is 22.8 Å². The molecule has 3 heterocycles. The average molecular weight is 352 g/mol. The highest BCUT2D eigenvalue weighted by atomic mass is 16.5. The lowest BCUT2D eigenvalue weighted by Gasteiger charge is -2.30. The molecule has 1 aliphatic heterocycles. The summed E-state index contributed by atoms with van der Waals surface area (Å²) < 4.78 is 16.5. The van der Waals surface area contributed by atoms with Crippen molar-refractivity contribution in [3.63, 3.8) is 0 Å². The minimum atomic E-state index is 0.528. The van der Waals surface area contributed by atoms with Crippen LogP contribution in [0.4, 0.5) is 5.82 Å². The second-order valence-corrected chi connectivity index (χ2v) is 6.02. The fraction of sp³-hybridized carbons (Fsp3) is 0.316. The van der Waals surface area contributed by atoms with E-state index in [1.165, 1.54) is 5.56 Å². The summed E-state index contributed by atoms with van der Waals surface area (Å²) in [4.78, 5) is 15.7. The summed E-state index contributed by atoms with van der Waals surface area (Å²) in [6.07, 6.45) is 4.29. The van der Waals surface area contributed by atoms with Crippen molar-refractivity contribution in [3.8, 4) is 17.2 Å². The van der Waals surface area contributed by atoms with E-state index in [2.05, 4.69) is 25.9 Å². The first-order chi connectivity index (χ1) is 12.8. The number of nitrogens with zero attached hydrogens (tertiary/aromatic N) is 4. The fourth-order valence-electron chi connectivity index (χ4n) is 3.45. The lowest BCUT2D eigenvalue weighted by atomic mass is 10.1. The van der Waals surface area contributed by atoms with Crippen molar-refractivity contribution < 1.29 is 14.2 Å². The van der Waals surface area contributed by atoms with Crippen molar-refractivity contribution in [1.82, 2.24) is 15.0 Å². The molecule has 7 nitrogen and oxygen atoms in total. The second kappa shape index (κ2) is 6.67. The molecule has 0 bridgehead atoms. The Bertz CT molecular complexity index is 961. The quantitative estimate of drug-likeness (QED) is 0.715. The zero-order valence-electron chi connectivity index (χ0n) is 15.0. The third-order valence-corrected chi connectivity index (χ3v) is 4.68. The molecule has 0 fully saturated rings. The maximum Gasteiger partial charge on any atom is 0.205 e. The van der Waals surface area contributed by atoms with Crippen molar-refractivity contribution in [2.45, 2.75) is 13.0 Å². The Morgan fingerprint density at radius 1 is 1.00 bits per heavy atom. The summed E-state index contributed by atoms with van der Waals surface area (Å²) >= 11 is 0. The van der Waals surface area contributed by atoms with Gasteiger partial charge in [-0.25, -0.2) is 9.97 Å². The van der Waals surface area contributed by atoms with E-state index in [1.54, 1.807) is 27.7 Å². The molecule has 0 aliphatic carbocycles. The fourth-order valence-corrected chi connectivity index (χ4v) is 3.45. The van der Waals surface area contributed by atoms with Crippen LogP contribution in [0.1, 0.15) is 11.3 Å². The number of ether oxygens (including phenoxy) is 3. The first-order valence-electron chi connectivity index (χ1n) is 8.38. The highest BCUT2D eigenvalue weighted by molar-refractivity contribution is 5.97. The number of benzene rings is 1. The van der Waals surface area contributed by atoms with Crippen LogP contribution in [0.2, 0.25) is 0 Å². The van der Waals surface area contributed by atoms with E-state index in [9.17, 15) is 0 Å². The summed E-state index contributed by atoms with van der Waals surface area (Å²) in [6.45, 7) is 1.60. The monoisotopic (exact) mass is 352 g/mol. The largest absolute Gasteiger partial charge is 0.493 e. The van der Waals surface area contributed by atoms with Crippen LogP contribution in [-0.2, 0) is 13.0 Å². The van der Waals surface area contributed by atoms with Crippen molar-refractivity contribution in [2.24, 2.45) is 0 Å². The Balaban J connectivity index is 1.86. The summed E-state index contributed by atoms with van der Waals surface area (Å²) in [6, 6.07) is 5.99. The zero-order chi connectivity index (χ0) is 18.1. The minimum Gasteiger partial charge on any atom is -0.493 e. The van der Waals surface area contributed by atoms with Crippen molar-refractivity contribution in [2.75, 3.05) is 32.8 Å². The van der Waals surface area contributed by atoms with E-state index in [4.69, 9.17) is 14.2 Å². The molecule has 0 radical (unpaired) electrons. The van der Waals surface area contributed by atoms with Crippen molar-refractivity contribution >= 4 is 16.7 Å². The van der Waals surface area contributed by atoms with E-state index < -0.39 is 0 Å². The SMILES string of the molecule is COc1cc2c(N3CCc4ncccc4C3)ncnc2c(OC)c1OC. The lowest BCUT2D eigenvalue weighted by molar-refractivity contribution is 0.327. The Hall–Kier alpha value is -3.09. The number of pyridine rings is 1. The van der Waals surface area contributed by atoms with Crippen LogP contribution < -0.4 is 19.1 Å². The standard InChI is InChI=1S/C19H20N4O3/c1-24-15-9-13-16(18(26-3)17(15)25-2)21-11-22-19(13)23-8-6-14-12(10-23)5-4-7-20-14/h4-5,7,9,11H,6,8,10H2,1-3H3. The summed E-state index contributed by atoms with van der Waals surface area (Å²) in [5.74, 6) is 2.51. The average Bonchev–Trinajstić information content (AvgIpc) is 2.71. The highest BCUT2D eigenvalue weighted by Crippen LogP contribution is 2.44. The molecular weight excluding hydrogens is 332 g/mol. The third-order valence-electron chi connectivity index (χ3n) is 4.68. The topological polar surface area (TPSA) is 69.6 Å². The molecular formula is C19H20N4O3. The molecule has 4 rings (SSSR count). The molecule has 0 atom stereocenters. The van der Waals surface area contributed by atoms with Gasteiger partial charge in [0.25, 0.3) is 0 Å². The molecule has 26 heavy (non-hydrogen) atoms. The molecule has 3 aromatic rings. The minimum absolute atomic E-state index is 0.528. The molecule has 0 N–H and O–H groups in total. The van der Waals surface area contributed by atoms with Gasteiger partial charge in [0.05, 0.1) is 26.7 Å². The molecule has 134 valence electrons. The third kappa shape index (κ3) is 2.56.